The Balaban J connectivity index is 1.50. The first-order valence-electron chi connectivity index (χ1n) is 8.50. The summed E-state index contributed by atoms with van der Waals surface area (Å²) in [6.45, 7) is 3.21. The van der Waals surface area contributed by atoms with Crippen molar-refractivity contribution in [1.29, 1.82) is 0 Å². The van der Waals surface area contributed by atoms with Gasteiger partial charge in [0.15, 0.2) is 0 Å². The van der Waals surface area contributed by atoms with E-state index in [4.69, 9.17) is 10.5 Å². The van der Waals surface area contributed by atoms with Crippen molar-refractivity contribution in [3.05, 3.63) is 41.5 Å². The zero-order valence-corrected chi connectivity index (χ0v) is 13.7. The predicted octanol–water partition coefficient (Wildman–Crippen LogP) is 2.55. The topological polar surface area (TPSA) is 72.5 Å². The van der Waals surface area contributed by atoms with E-state index in [0.29, 0.717) is 11.9 Å². The van der Waals surface area contributed by atoms with Crippen LogP contribution in [-0.4, -0.2) is 37.0 Å². The number of nitrogen functional groups attached to an aromatic ring is 1. The summed E-state index contributed by atoms with van der Waals surface area (Å²) in [7, 11) is 0. The minimum Gasteiger partial charge on any atom is -0.383 e. The van der Waals surface area contributed by atoms with Crippen LogP contribution in [0.3, 0.4) is 0 Å². The predicted molar refractivity (Wildman–Crippen MR) is 98.2 cm³/mol. The van der Waals surface area contributed by atoms with Gasteiger partial charge in [0.05, 0.1) is 18.2 Å². The van der Waals surface area contributed by atoms with Crippen molar-refractivity contribution in [2.75, 3.05) is 25.4 Å². The van der Waals surface area contributed by atoms with Gasteiger partial charge in [-0.05, 0) is 42.2 Å². The third-order valence-electron chi connectivity index (χ3n) is 4.66. The molecule has 0 saturated carbocycles. The molecule has 0 radical (unpaired) electrons. The van der Waals surface area contributed by atoms with Gasteiger partial charge in [0.2, 0.25) is 0 Å². The lowest BCUT2D eigenvalue weighted by molar-refractivity contribution is 0.110. The first-order chi connectivity index (χ1) is 11.8. The number of hydrogen-bond acceptors (Lipinski definition) is 5. The standard InChI is InChI=1S/C19H22N4O/c20-19-16(11-22-12-17-2-1-7-24-17)8-14-4-3-13(9-18(14)23-19)15-5-6-21-10-15/h3-6,8-9,17,22H,1-2,7,10-12H2,(H2,20,23). The SMILES string of the molecule is Nc1nc2cc(C3=CC=NC3)ccc2cc1CNCC1CCCO1. The highest BCUT2D eigenvalue weighted by molar-refractivity contribution is 5.92. The normalized spacial score (nSPS) is 20.0. The Morgan fingerprint density at radius 1 is 1.29 bits per heavy atom. The lowest BCUT2D eigenvalue weighted by Gasteiger charge is -2.12. The Bertz CT molecular complexity index is 806. The first kappa shape index (κ1) is 15.3. The van der Waals surface area contributed by atoms with Gasteiger partial charge in [-0.2, -0.15) is 0 Å². The summed E-state index contributed by atoms with van der Waals surface area (Å²) in [4.78, 5) is 8.83. The fraction of sp³-hybridized carbons (Fsp3) is 0.368. The van der Waals surface area contributed by atoms with Crippen LogP contribution in [0.5, 0.6) is 0 Å². The van der Waals surface area contributed by atoms with E-state index < -0.39 is 0 Å². The highest BCUT2D eigenvalue weighted by Gasteiger charge is 2.15. The van der Waals surface area contributed by atoms with E-state index >= 15 is 0 Å². The van der Waals surface area contributed by atoms with E-state index in [2.05, 4.69) is 39.6 Å². The Labute approximate surface area is 141 Å². The molecule has 4 rings (SSSR count). The molecule has 3 N–H and O–H groups in total. The first-order valence-corrected chi connectivity index (χ1v) is 8.50. The molecule has 1 saturated heterocycles. The molecular formula is C19H22N4O. The summed E-state index contributed by atoms with van der Waals surface area (Å²) < 4.78 is 5.63. The van der Waals surface area contributed by atoms with Gasteiger partial charge in [0.1, 0.15) is 5.82 Å². The molecule has 24 heavy (non-hydrogen) atoms. The van der Waals surface area contributed by atoms with Gasteiger partial charge in [-0.1, -0.05) is 12.1 Å². The molecule has 124 valence electrons. The second-order valence-corrected chi connectivity index (χ2v) is 6.39. The van der Waals surface area contributed by atoms with E-state index in [1.54, 1.807) is 0 Å². The summed E-state index contributed by atoms with van der Waals surface area (Å²) in [5, 5.41) is 4.55. The number of fused-ring (bicyclic) bond motifs is 1. The van der Waals surface area contributed by atoms with Crippen molar-refractivity contribution in [2.24, 2.45) is 4.99 Å². The highest BCUT2D eigenvalue weighted by atomic mass is 16.5. The highest BCUT2D eigenvalue weighted by Crippen LogP contribution is 2.24. The van der Waals surface area contributed by atoms with Crippen molar-refractivity contribution >= 4 is 28.5 Å². The Morgan fingerprint density at radius 3 is 3.04 bits per heavy atom. The molecule has 1 unspecified atom stereocenters. The minimum absolute atomic E-state index is 0.337. The number of nitrogens with two attached hydrogens (primary N) is 1. The maximum absolute atomic E-state index is 6.16. The summed E-state index contributed by atoms with van der Waals surface area (Å²) in [5.41, 5.74) is 10.5. The number of benzene rings is 1. The molecule has 1 atom stereocenters. The van der Waals surface area contributed by atoms with E-state index in [0.717, 1.165) is 61.1 Å². The molecule has 0 spiro atoms. The molecule has 0 bridgehead atoms. The molecule has 1 fully saturated rings. The number of allylic oxidation sites excluding steroid dienone is 1. The van der Waals surface area contributed by atoms with E-state index in [9.17, 15) is 0 Å². The molecule has 1 aromatic carbocycles. The van der Waals surface area contributed by atoms with Crippen LogP contribution in [-0.2, 0) is 11.3 Å². The Kier molecular flexibility index (Phi) is 4.28. The van der Waals surface area contributed by atoms with Gasteiger partial charge in [-0.3, -0.25) is 4.99 Å². The number of aliphatic imine (C=N–C) groups is 1. The zero-order chi connectivity index (χ0) is 16.4. The third-order valence-corrected chi connectivity index (χ3v) is 4.66. The number of pyridine rings is 1. The Morgan fingerprint density at radius 2 is 2.25 bits per heavy atom. The number of rotatable bonds is 5. The fourth-order valence-corrected chi connectivity index (χ4v) is 3.27. The van der Waals surface area contributed by atoms with Crippen molar-refractivity contribution in [1.82, 2.24) is 10.3 Å². The van der Waals surface area contributed by atoms with Gasteiger partial charge in [-0.25, -0.2) is 4.98 Å². The molecule has 2 aromatic rings. The summed E-state index contributed by atoms with van der Waals surface area (Å²) >= 11 is 0. The average Bonchev–Trinajstić information content (AvgIpc) is 3.28. The molecule has 1 aromatic heterocycles. The number of ether oxygens (including phenoxy) is 1. The maximum Gasteiger partial charge on any atom is 0.128 e. The molecular weight excluding hydrogens is 300 g/mol. The monoisotopic (exact) mass is 322 g/mol. The molecule has 2 aliphatic heterocycles. The van der Waals surface area contributed by atoms with Gasteiger partial charge in [0.25, 0.3) is 0 Å². The molecule has 5 heteroatoms. The van der Waals surface area contributed by atoms with Gasteiger partial charge < -0.3 is 15.8 Å². The number of nitrogens with one attached hydrogen (secondary N) is 1. The van der Waals surface area contributed by atoms with Crippen LogP contribution in [0.25, 0.3) is 16.5 Å². The molecule has 0 amide bonds. The largest absolute Gasteiger partial charge is 0.383 e. The third kappa shape index (κ3) is 3.18. The van der Waals surface area contributed by atoms with E-state index in [-0.39, 0.29) is 0 Å². The fourth-order valence-electron chi connectivity index (χ4n) is 3.27. The van der Waals surface area contributed by atoms with Crippen LogP contribution in [0.2, 0.25) is 0 Å². The van der Waals surface area contributed by atoms with Crippen LogP contribution < -0.4 is 11.1 Å². The van der Waals surface area contributed by atoms with Gasteiger partial charge >= 0.3 is 0 Å². The summed E-state index contributed by atoms with van der Waals surface area (Å²) in [6.07, 6.45) is 6.54. The number of hydrogen-bond donors (Lipinski definition) is 2. The smallest absolute Gasteiger partial charge is 0.128 e. The van der Waals surface area contributed by atoms with Crippen molar-refractivity contribution in [3.63, 3.8) is 0 Å². The molecule has 2 aliphatic rings. The maximum atomic E-state index is 6.16. The van der Waals surface area contributed by atoms with Crippen molar-refractivity contribution in [2.45, 2.75) is 25.5 Å². The summed E-state index contributed by atoms with van der Waals surface area (Å²) in [5.74, 6) is 0.594. The molecule has 3 heterocycles. The lowest BCUT2D eigenvalue weighted by atomic mass is 10.0. The van der Waals surface area contributed by atoms with E-state index in [1.807, 2.05) is 12.3 Å². The van der Waals surface area contributed by atoms with Gasteiger partial charge in [-0.15, -0.1) is 0 Å². The second kappa shape index (κ2) is 6.71. The molecule has 0 aliphatic carbocycles. The van der Waals surface area contributed by atoms with Crippen LogP contribution in [0.4, 0.5) is 5.82 Å². The number of nitrogens with zero attached hydrogens (tertiary/aromatic N) is 2. The van der Waals surface area contributed by atoms with Crippen LogP contribution in [0, 0.1) is 0 Å². The number of anilines is 1. The average molecular weight is 322 g/mol. The summed E-state index contributed by atoms with van der Waals surface area (Å²) in [6, 6.07) is 8.46. The zero-order valence-electron chi connectivity index (χ0n) is 13.7. The number of aromatic nitrogens is 1. The second-order valence-electron chi connectivity index (χ2n) is 6.39. The van der Waals surface area contributed by atoms with Crippen LogP contribution >= 0.6 is 0 Å². The van der Waals surface area contributed by atoms with E-state index in [1.165, 1.54) is 5.57 Å². The van der Waals surface area contributed by atoms with Crippen LogP contribution in [0.1, 0.15) is 24.0 Å². The van der Waals surface area contributed by atoms with Crippen molar-refractivity contribution < 1.29 is 4.74 Å². The minimum atomic E-state index is 0.337. The quantitative estimate of drug-likeness (QED) is 0.887. The van der Waals surface area contributed by atoms with Crippen molar-refractivity contribution in [3.8, 4) is 0 Å². The molecule has 5 nitrogen and oxygen atoms in total. The Hall–Kier alpha value is -2.24. The van der Waals surface area contributed by atoms with Crippen LogP contribution in [0.15, 0.2) is 35.3 Å². The lowest BCUT2D eigenvalue weighted by Crippen LogP contribution is -2.26. The van der Waals surface area contributed by atoms with Gasteiger partial charge in [0, 0.05) is 36.9 Å².